The van der Waals surface area contributed by atoms with Gasteiger partial charge in [-0.1, -0.05) is 6.08 Å². The predicted octanol–water partition coefficient (Wildman–Crippen LogP) is 1.80. The van der Waals surface area contributed by atoms with E-state index in [-0.39, 0.29) is 0 Å². The van der Waals surface area contributed by atoms with Crippen LogP contribution in [0.25, 0.3) is 0 Å². The van der Waals surface area contributed by atoms with Crippen molar-refractivity contribution >= 4 is 6.09 Å². The maximum atomic E-state index is 11.4. The summed E-state index contributed by atoms with van der Waals surface area (Å²) in [5.74, 6) is 0. The molecule has 0 saturated heterocycles. The minimum Gasteiger partial charge on any atom is -0.444 e. The largest absolute Gasteiger partial charge is 0.444 e. The molecule has 9 heteroatoms. The first kappa shape index (κ1) is 27.8. The van der Waals surface area contributed by atoms with Crippen molar-refractivity contribution in [2.24, 2.45) is 0 Å². The molecular weight excluding hydrogens is 382 g/mol. The molecule has 0 unspecified atom stereocenters. The summed E-state index contributed by atoms with van der Waals surface area (Å²) in [7, 11) is 0. The van der Waals surface area contributed by atoms with E-state index in [1.165, 1.54) is 0 Å². The first-order valence-corrected chi connectivity index (χ1v) is 10.00. The Bertz CT molecular complexity index is 387. The Hall–Kier alpha value is -1.23. The van der Waals surface area contributed by atoms with Crippen LogP contribution in [0.4, 0.5) is 4.79 Å². The number of rotatable bonds is 20. The summed E-state index contributed by atoms with van der Waals surface area (Å²) in [6, 6.07) is 0. The van der Waals surface area contributed by atoms with E-state index < -0.39 is 11.7 Å². The molecule has 172 valence electrons. The summed E-state index contributed by atoms with van der Waals surface area (Å²) in [4.78, 5) is 11.4. The second-order valence-corrected chi connectivity index (χ2v) is 6.85. The normalized spacial score (nSPS) is 11.4. The van der Waals surface area contributed by atoms with Gasteiger partial charge in [0, 0.05) is 6.54 Å². The van der Waals surface area contributed by atoms with Gasteiger partial charge in [0.1, 0.15) is 5.60 Å². The topological polar surface area (TPSA) is 93.7 Å². The van der Waals surface area contributed by atoms with E-state index in [1.54, 1.807) is 6.08 Å². The molecule has 0 spiro atoms. The van der Waals surface area contributed by atoms with Crippen molar-refractivity contribution in [3.63, 3.8) is 0 Å². The molecule has 0 aromatic carbocycles. The minimum atomic E-state index is -0.498. The highest BCUT2D eigenvalue weighted by molar-refractivity contribution is 5.67. The van der Waals surface area contributed by atoms with Crippen molar-refractivity contribution in [1.82, 2.24) is 5.32 Å². The lowest BCUT2D eigenvalue weighted by atomic mass is 10.2. The Morgan fingerprint density at radius 2 is 1.10 bits per heavy atom. The minimum absolute atomic E-state index is 0.395. The van der Waals surface area contributed by atoms with Gasteiger partial charge in [-0.3, -0.25) is 0 Å². The van der Waals surface area contributed by atoms with Crippen LogP contribution in [0, 0.1) is 0 Å². The van der Waals surface area contributed by atoms with Gasteiger partial charge in [0.05, 0.1) is 79.3 Å². The van der Waals surface area contributed by atoms with Gasteiger partial charge >= 0.3 is 6.09 Å². The van der Waals surface area contributed by atoms with E-state index in [2.05, 4.69) is 11.9 Å². The molecule has 0 aliphatic carbocycles. The lowest BCUT2D eigenvalue weighted by molar-refractivity contribution is -0.0156. The Balaban J connectivity index is 3.12. The summed E-state index contributed by atoms with van der Waals surface area (Å²) >= 11 is 0. The Kier molecular flexibility index (Phi) is 19.2. The van der Waals surface area contributed by atoms with Crippen molar-refractivity contribution in [2.45, 2.75) is 26.4 Å². The van der Waals surface area contributed by atoms with Gasteiger partial charge in [0.15, 0.2) is 0 Å². The summed E-state index contributed by atoms with van der Waals surface area (Å²) in [6.07, 6.45) is 1.26. The van der Waals surface area contributed by atoms with Gasteiger partial charge in [-0.05, 0) is 20.8 Å². The zero-order chi connectivity index (χ0) is 21.6. The van der Waals surface area contributed by atoms with E-state index in [1.807, 2.05) is 20.8 Å². The van der Waals surface area contributed by atoms with Gasteiger partial charge in [-0.2, -0.15) is 0 Å². The van der Waals surface area contributed by atoms with Gasteiger partial charge in [0.25, 0.3) is 0 Å². The van der Waals surface area contributed by atoms with Crippen molar-refractivity contribution in [3.05, 3.63) is 12.7 Å². The molecule has 0 heterocycles. The number of alkyl carbamates (subject to hydrolysis) is 1. The second-order valence-electron chi connectivity index (χ2n) is 6.85. The van der Waals surface area contributed by atoms with Gasteiger partial charge in [-0.15, -0.1) is 6.58 Å². The van der Waals surface area contributed by atoms with Crippen LogP contribution in [0.15, 0.2) is 12.7 Å². The van der Waals surface area contributed by atoms with Crippen molar-refractivity contribution < 1.29 is 38.0 Å². The first-order valence-electron chi connectivity index (χ1n) is 10.00. The summed E-state index contributed by atoms with van der Waals surface area (Å²) in [5.41, 5.74) is -0.498. The monoisotopic (exact) mass is 421 g/mol. The van der Waals surface area contributed by atoms with E-state index in [0.717, 1.165) is 0 Å². The zero-order valence-corrected chi connectivity index (χ0v) is 18.2. The summed E-state index contributed by atoms with van der Waals surface area (Å²) in [6.45, 7) is 15.5. The number of ether oxygens (including phenoxy) is 7. The molecule has 0 saturated carbocycles. The highest BCUT2D eigenvalue weighted by atomic mass is 16.6. The molecule has 0 aliphatic rings. The van der Waals surface area contributed by atoms with Crippen molar-refractivity contribution in [1.29, 1.82) is 0 Å². The van der Waals surface area contributed by atoms with Gasteiger partial charge < -0.3 is 38.5 Å². The molecule has 0 radical (unpaired) electrons. The van der Waals surface area contributed by atoms with E-state index >= 15 is 0 Å². The predicted molar refractivity (Wildman–Crippen MR) is 109 cm³/mol. The molecule has 1 N–H and O–H groups in total. The third kappa shape index (κ3) is 24.7. The van der Waals surface area contributed by atoms with Crippen LogP contribution in [0.2, 0.25) is 0 Å². The standard InChI is InChI=1S/C20H39NO8/c1-5-7-23-9-11-25-13-15-27-17-18-28-16-14-26-12-10-24-8-6-21-19(22)29-20(2,3)4/h5H,1,6-18H2,2-4H3,(H,21,22). The quantitative estimate of drug-likeness (QED) is 0.235. The zero-order valence-electron chi connectivity index (χ0n) is 18.2. The van der Waals surface area contributed by atoms with Crippen LogP contribution in [-0.4, -0.2) is 97.5 Å². The van der Waals surface area contributed by atoms with Gasteiger partial charge in [0.2, 0.25) is 0 Å². The highest BCUT2D eigenvalue weighted by Crippen LogP contribution is 2.05. The smallest absolute Gasteiger partial charge is 0.407 e. The van der Waals surface area contributed by atoms with E-state index in [9.17, 15) is 4.79 Å². The maximum Gasteiger partial charge on any atom is 0.407 e. The third-order valence-corrected chi connectivity index (χ3v) is 3.01. The molecule has 0 fully saturated rings. The number of hydrogen-bond donors (Lipinski definition) is 1. The average Bonchev–Trinajstić information content (AvgIpc) is 2.65. The molecule has 0 aromatic rings. The fraction of sp³-hybridized carbons (Fsp3) is 0.850. The lowest BCUT2D eigenvalue weighted by Crippen LogP contribution is -2.34. The fourth-order valence-electron chi connectivity index (χ4n) is 1.81. The average molecular weight is 422 g/mol. The Morgan fingerprint density at radius 1 is 0.724 bits per heavy atom. The second kappa shape index (κ2) is 20.1. The molecular formula is C20H39NO8. The maximum absolute atomic E-state index is 11.4. The number of amides is 1. The molecule has 0 bridgehead atoms. The van der Waals surface area contributed by atoms with E-state index in [4.69, 9.17) is 33.2 Å². The van der Waals surface area contributed by atoms with Crippen LogP contribution in [0.5, 0.6) is 0 Å². The number of nitrogens with one attached hydrogen (secondary N) is 1. The molecule has 1 amide bonds. The lowest BCUT2D eigenvalue weighted by Gasteiger charge is -2.19. The van der Waals surface area contributed by atoms with Crippen LogP contribution in [-0.2, 0) is 33.2 Å². The van der Waals surface area contributed by atoms with E-state index in [0.29, 0.717) is 85.8 Å². The summed E-state index contributed by atoms with van der Waals surface area (Å²) < 4.78 is 37.1. The van der Waals surface area contributed by atoms with Crippen LogP contribution >= 0.6 is 0 Å². The molecule has 29 heavy (non-hydrogen) atoms. The van der Waals surface area contributed by atoms with Crippen molar-refractivity contribution in [3.8, 4) is 0 Å². The van der Waals surface area contributed by atoms with Gasteiger partial charge in [-0.25, -0.2) is 4.79 Å². The number of carbonyl (C=O) groups is 1. The van der Waals surface area contributed by atoms with Crippen molar-refractivity contribution in [2.75, 3.05) is 85.8 Å². The molecule has 0 rings (SSSR count). The molecule has 9 nitrogen and oxygen atoms in total. The molecule has 0 aromatic heterocycles. The molecule has 0 atom stereocenters. The first-order chi connectivity index (χ1) is 14.0. The number of hydrogen-bond acceptors (Lipinski definition) is 8. The van der Waals surface area contributed by atoms with Crippen LogP contribution < -0.4 is 5.32 Å². The van der Waals surface area contributed by atoms with Crippen LogP contribution in [0.1, 0.15) is 20.8 Å². The highest BCUT2D eigenvalue weighted by Gasteiger charge is 2.15. The third-order valence-electron chi connectivity index (χ3n) is 3.01. The molecule has 0 aliphatic heterocycles. The number of carbonyl (C=O) groups excluding carboxylic acids is 1. The Labute approximate surface area is 174 Å². The Morgan fingerprint density at radius 3 is 1.48 bits per heavy atom. The van der Waals surface area contributed by atoms with Crippen LogP contribution in [0.3, 0.4) is 0 Å². The fourth-order valence-corrected chi connectivity index (χ4v) is 1.81. The SMILES string of the molecule is C=CCOCCOCCOCCOCCOCCOCCNC(=O)OC(C)(C)C. The summed E-state index contributed by atoms with van der Waals surface area (Å²) in [5, 5.41) is 2.62.